The molecule has 0 unspecified atom stereocenters. The first-order chi connectivity index (χ1) is 12.5. The van der Waals surface area contributed by atoms with Gasteiger partial charge in [-0.3, -0.25) is 9.69 Å². The van der Waals surface area contributed by atoms with E-state index in [4.69, 9.17) is 16.3 Å². The van der Waals surface area contributed by atoms with Crippen molar-refractivity contribution in [2.24, 2.45) is 0 Å². The van der Waals surface area contributed by atoms with Gasteiger partial charge in [0.05, 0.1) is 22.6 Å². The molecule has 27 heavy (non-hydrogen) atoms. The molecule has 5 nitrogen and oxygen atoms in total. The van der Waals surface area contributed by atoms with Crippen molar-refractivity contribution in [2.75, 3.05) is 39.2 Å². The third kappa shape index (κ3) is 5.33. The van der Waals surface area contributed by atoms with Gasteiger partial charge in [-0.2, -0.15) is 0 Å². The van der Waals surface area contributed by atoms with Crippen LogP contribution >= 0.6 is 46.7 Å². The number of hydrogen-bond acceptors (Lipinski definition) is 6. The zero-order valence-corrected chi connectivity index (χ0v) is 18.5. The standard InChI is InChI=1S/C18H20ClN3O2S2.ClH/c1-21(2)9-10-22(16(23)11-12-7-8-15(19)25-12)18-20-17-13(24-3)5-4-6-14(17)26-18;/h4-8H,9-11H2,1-3H3;1H. The minimum Gasteiger partial charge on any atom is -0.494 e. The van der Waals surface area contributed by atoms with Crippen molar-refractivity contribution in [2.45, 2.75) is 6.42 Å². The van der Waals surface area contributed by atoms with Crippen molar-refractivity contribution in [3.63, 3.8) is 0 Å². The Morgan fingerprint density at radius 2 is 1.96 bits per heavy atom. The fourth-order valence-corrected chi connectivity index (χ4v) is 4.61. The second-order valence-electron chi connectivity index (χ2n) is 6.03. The Hall–Kier alpha value is -1.38. The van der Waals surface area contributed by atoms with Crippen LogP contribution in [-0.4, -0.2) is 50.1 Å². The summed E-state index contributed by atoms with van der Waals surface area (Å²) in [7, 11) is 5.61. The number of rotatable bonds is 7. The first-order valence-electron chi connectivity index (χ1n) is 8.11. The molecule has 0 atom stereocenters. The molecule has 0 aliphatic rings. The number of methoxy groups -OCH3 is 1. The number of amides is 1. The lowest BCUT2D eigenvalue weighted by Crippen LogP contribution is -2.37. The highest BCUT2D eigenvalue weighted by atomic mass is 35.5. The molecule has 2 aromatic heterocycles. The zero-order chi connectivity index (χ0) is 18.7. The van der Waals surface area contributed by atoms with Gasteiger partial charge in [-0.1, -0.05) is 29.0 Å². The van der Waals surface area contributed by atoms with Gasteiger partial charge < -0.3 is 9.64 Å². The monoisotopic (exact) mass is 445 g/mol. The van der Waals surface area contributed by atoms with Crippen LogP contribution in [0.25, 0.3) is 10.2 Å². The zero-order valence-electron chi connectivity index (χ0n) is 15.3. The Morgan fingerprint density at radius 1 is 1.19 bits per heavy atom. The van der Waals surface area contributed by atoms with Crippen LogP contribution in [0, 0.1) is 0 Å². The highest BCUT2D eigenvalue weighted by Gasteiger charge is 2.21. The molecule has 2 heterocycles. The van der Waals surface area contributed by atoms with Crippen LogP contribution in [0.5, 0.6) is 5.75 Å². The van der Waals surface area contributed by atoms with E-state index in [2.05, 4.69) is 9.88 Å². The second kappa shape index (κ2) is 9.71. The Kier molecular flexibility index (Phi) is 7.88. The van der Waals surface area contributed by atoms with Crippen molar-refractivity contribution in [1.82, 2.24) is 9.88 Å². The highest BCUT2D eigenvalue weighted by molar-refractivity contribution is 7.22. The molecule has 146 valence electrons. The fourth-order valence-electron chi connectivity index (χ4n) is 2.51. The summed E-state index contributed by atoms with van der Waals surface area (Å²) in [5.74, 6) is 0.735. The normalized spacial score (nSPS) is 10.9. The Bertz CT molecular complexity index is 911. The number of halogens is 2. The molecule has 0 saturated heterocycles. The van der Waals surface area contributed by atoms with Gasteiger partial charge in [-0.05, 0) is 38.4 Å². The van der Waals surface area contributed by atoms with E-state index in [0.717, 1.165) is 27.4 Å². The smallest absolute Gasteiger partial charge is 0.234 e. The van der Waals surface area contributed by atoms with Gasteiger partial charge in [0, 0.05) is 18.0 Å². The third-order valence-corrected chi connectivity index (χ3v) is 6.12. The number of benzene rings is 1. The predicted octanol–water partition coefficient (Wildman–Crippen LogP) is 4.58. The first kappa shape index (κ1) is 21.9. The Labute approximate surface area is 177 Å². The van der Waals surface area contributed by atoms with Crippen molar-refractivity contribution < 1.29 is 9.53 Å². The van der Waals surface area contributed by atoms with Gasteiger partial charge >= 0.3 is 0 Å². The van der Waals surface area contributed by atoms with Crippen LogP contribution in [0.2, 0.25) is 4.34 Å². The molecule has 0 radical (unpaired) electrons. The van der Waals surface area contributed by atoms with Crippen LogP contribution in [-0.2, 0) is 11.2 Å². The van der Waals surface area contributed by atoms with E-state index in [1.807, 2.05) is 44.4 Å². The molecule has 0 saturated carbocycles. The minimum absolute atomic E-state index is 0. The van der Waals surface area contributed by atoms with Crippen LogP contribution < -0.4 is 9.64 Å². The maximum atomic E-state index is 13.0. The van der Waals surface area contributed by atoms with E-state index in [-0.39, 0.29) is 18.3 Å². The molecule has 0 aliphatic carbocycles. The van der Waals surface area contributed by atoms with Crippen molar-refractivity contribution in [3.05, 3.63) is 39.5 Å². The molecular weight excluding hydrogens is 425 g/mol. The molecule has 0 bridgehead atoms. The summed E-state index contributed by atoms with van der Waals surface area (Å²) in [5, 5.41) is 0.694. The van der Waals surface area contributed by atoms with Crippen LogP contribution in [0.1, 0.15) is 4.88 Å². The number of carbonyl (C=O) groups is 1. The summed E-state index contributed by atoms with van der Waals surface area (Å²) in [6, 6.07) is 9.53. The Morgan fingerprint density at radius 3 is 2.59 bits per heavy atom. The molecule has 1 amide bonds. The van der Waals surface area contributed by atoms with Gasteiger partial charge in [0.25, 0.3) is 0 Å². The lowest BCUT2D eigenvalue weighted by atomic mass is 10.3. The van der Waals surface area contributed by atoms with E-state index in [9.17, 15) is 4.79 Å². The number of carbonyl (C=O) groups excluding carboxylic acids is 1. The summed E-state index contributed by atoms with van der Waals surface area (Å²) >= 11 is 8.93. The lowest BCUT2D eigenvalue weighted by molar-refractivity contribution is -0.118. The number of ether oxygens (including phenoxy) is 1. The maximum Gasteiger partial charge on any atom is 0.234 e. The highest BCUT2D eigenvalue weighted by Crippen LogP contribution is 2.34. The van der Waals surface area contributed by atoms with Crippen molar-refractivity contribution in [3.8, 4) is 5.75 Å². The van der Waals surface area contributed by atoms with Gasteiger partial charge in [0.2, 0.25) is 5.91 Å². The van der Waals surface area contributed by atoms with E-state index in [0.29, 0.717) is 22.4 Å². The number of hydrogen-bond donors (Lipinski definition) is 0. The van der Waals surface area contributed by atoms with E-state index >= 15 is 0 Å². The molecule has 1 aromatic carbocycles. The van der Waals surface area contributed by atoms with Gasteiger partial charge in [0.15, 0.2) is 5.13 Å². The van der Waals surface area contributed by atoms with Crippen LogP contribution in [0.15, 0.2) is 30.3 Å². The number of thiophene rings is 1. The second-order valence-corrected chi connectivity index (χ2v) is 8.84. The number of nitrogens with zero attached hydrogens (tertiary/aromatic N) is 3. The average molecular weight is 446 g/mol. The number of likely N-dealkylation sites (N-methyl/N-ethyl adjacent to an activating group) is 1. The summed E-state index contributed by atoms with van der Waals surface area (Å²) < 4.78 is 7.09. The molecule has 0 N–H and O–H groups in total. The van der Waals surface area contributed by atoms with Gasteiger partial charge in [0.1, 0.15) is 11.3 Å². The van der Waals surface area contributed by atoms with Crippen LogP contribution in [0.4, 0.5) is 5.13 Å². The number of thiazole rings is 1. The molecule has 0 aliphatic heterocycles. The molecule has 3 rings (SSSR count). The fraction of sp³-hybridized carbons (Fsp3) is 0.333. The van der Waals surface area contributed by atoms with E-state index in [1.165, 1.54) is 22.7 Å². The molecule has 9 heteroatoms. The Balaban J connectivity index is 0.00000261. The van der Waals surface area contributed by atoms with Gasteiger partial charge in [-0.25, -0.2) is 4.98 Å². The predicted molar refractivity (Wildman–Crippen MR) is 117 cm³/mol. The number of anilines is 1. The van der Waals surface area contributed by atoms with Gasteiger partial charge in [-0.15, -0.1) is 23.7 Å². The maximum absolute atomic E-state index is 13.0. The number of para-hydroxylation sites is 1. The minimum atomic E-state index is 0. The summed E-state index contributed by atoms with van der Waals surface area (Å²) in [6.07, 6.45) is 0.317. The van der Waals surface area contributed by atoms with Crippen molar-refractivity contribution in [1.29, 1.82) is 0 Å². The third-order valence-electron chi connectivity index (χ3n) is 3.85. The molecule has 3 aromatic rings. The quantitative estimate of drug-likeness (QED) is 0.533. The van der Waals surface area contributed by atoms with E-state index in [1.54, 1.807) is 12.0 Å². The first-order valence-corrected chi connectivity index (χ1v) is 10.1. The molecular formula is C18H21Cl2N3O2S2. The summed E-state index contributed by atoms with van der Waals surface area (Å²) in [4.78, 5) is 22.4. The van der Waals surface area contributed by atoms with Crippen LogP contribution in [0.3, 0.4) is 0 Å². The van der Waals surface area contributed by atoms with Crippen molar-refractivity contribution >= 4 is 67.9 Å². The summed E-state index contributed by atoms with van der Waals surface area (Å²) in [6.45, 7) is 1.33. The summed E-state index contributed by atoms with van der Waals surface area (Å²) in [5.41, 5.74) is 0.789. The number of aromatic nitrogens is 1. The average Bonchev–Trinajstić information content (AvgIpc) is 3.20. The topological polar surface area (TPSA) is 45.7 Å². The van der Waals surface area contributed by atoms with E-state index < -0.39 is 0 Å². The largest absolute Gasteiger partial charge is 0.494 e. The molecule has 0 spiro atoms. The SMILES string of the molecule is COc1cccc2sc(N(CCN(C)C)C(=O)Cc3ccc(Cl)s3)nc12.Cl. The lowest BCUT2D eigenvalue weighted by Gasteiger charge is -2.21. The number of fused-ring (bicyclic) bond motifs is 1. The molecule has 0 fully saturated rings.